The van der Waals surface area contributed by atoms with Gasteiger partial charge in [0.05, 0.1) is 5.69 Å². The van der Waals surface area contributed by atoms with E-state index >= 15 is 0 Å². The quantitative estimate of drug-likeness (QED) is 0.753. The summed E-state index contributed by atoms with van der Waals surface area (Å²) in [6.07, 6.45) is 7.61. The van der Waals surface area contributed by atoms with Crippen molar-refractivity contribution in [1.82, 2.24) is 15.0 Å². The summed E-state index contributed by atoms with van der Waals surface area (Å²) in [4.78, 5) is 15.7. The first-order valence-electron chi connectivity index (χ1n) is 8.39. The van der Waals surface area contributed by atoms with E-state index in [2.05, 4.69) is 15.6 Å². The third-order valence-corrected chi connectivity index (χ3v) is 6.16. The maximum atomic E-state index is 12.5. The van der Waals surface area contributed by atoms with Crippen LogP contribution in [-0.4, -0.2) is 31.5 Å². The van der Waals surface area contributed by atoms with Crippen LogP contribution in [0.1, 0.15) is 39.5 Å². The van der Waals surface area contributed by atoms with Crippen LogP contribution in [0.2, 0.25) is 0 Å². The van der Waals surface area contributed by atoms with Crippen LogP contribution in [-0.2, 0) is 10.0 Å². The predicted octanol–water partition coefficient (Wildman–Crippen LogP) is 2.08. The number of fused-ring (bicyclic) bond motifs is 2. The number of pyridine rings is 1. The fraction of sp³-hybridized carbons (Fsp3) is 0.625. The number of sulfonamides is 1. The monoisotopic (exact) mass is 352 g/mol. The van der Waals surface area contributed by atoms with Crippen LogP contribution in [0.3, 0.4) is 0 Å². The van der Waals surface area contributed by atoms with Crippen LogP contribution >= 0.6 is 0 Å². The summed E-state index contributed by atoms with van der Waals surface area (Å²) in [5.41, 5.74) is 0.507. The number of anilines is 1. The van der Waals surface area contributed by atoms with Gasteiger partial charge in [0, 0.05) is 24.5 Å². The number of amides is 2. The molecule has 1 aromatic rings. The zero-order valence-corrected chi connectivity index (χ0v) is 14.8. The van der Waals surface area contributed by atoms with Gasteiger partial charge in [-0.3, -0.25) is 4.98 Å². The minimum Gasteiger partial charge on any atom is -0.381 e. The van der Waals surface area contributed by atoms with Gasteiger partial charge in [0.15, 0.2) is 0 Å². The standard InChI is InChI=1S/C16H24N4O3S/c1-10(2)18-16(21)20-24(22,23)15-9-17-6-5-13(15)19-14-8-11-3-4-12(14)7-11/h5-6,9-12,14H,3-4,7-8H2,1-2H3,(H,17,19)(H2,18,20,21)/t11-,12-,14-/m1/s1. The Morgan fingerprint density at radius 2 is 2.08 bits per heavy atom. The summed E-state index contributed by atoms with van der Waals surface area (Å²) in [6, 6.07) is 1.06. The van der Waals surface area contributed by atoms with Gasteiger partial charge < -0.3 is 10.6 Å². The molecule has 7 nitrogen and oxygen atoms in total. The minimum absolute atomic E-state index is 0.00618. The molecule has 0 aromatic carbocycles. The number of urea groups is 1. The molecule has 2 aliphatic carbocycles. The molecular formula is C16H24N4O3S. The molecule has 2 aliphatic rings. The number of nitrogens with one attached hydrogen (secondary N) is 3. The highest BCUT2D eigenvalue weighted by Crippen LogP contribution is 2.45. The summed E-state index contributed by atoms with van der Waals surface area (Å²) in [6.45, 7) is 3.52. The van der Waals surface area contributed by atoms with Crippen molar-refractivity contribution in [3.63, 3.8) is 0 Å². The molecule has 2 saturated carbocycles. The number of carbonyl (C=O) groups is 1. The molecule has 3 atom stereocenters. The zero-order chi connectivity index (χ0) is 17.3. The molecule has 3 N–H and O–H groups in total. The van der Waals surface area contributed by atoms with Gasteiger partial charge in [-0.15, -0.1) is 0 Å². The first-order valence-corrected chi connectivity index (χ1v) is 9.87. The van der Waals surface area contributed by atoms with Crippen LogP contribution in [0.5, 0.6) is 0 Å². The van der Waals surface area contributed by atoms with Crippen LogP contribution in [0.25, 0.3) is 0 Å². The summed E-state index contributed by atoms with van der Waals surface area (Å²) < 4.78 is 27.1. The number of aromatic nitrogens is 1. The Bertz CT molecular complexity index is 720. The van der Waals surface area contributed by atoms with Gasteiger partial charge >= 0.3 is 6.03 Å². The van der Waals surface area contributed by atoms with Crippen molar-refractivity contribution in [2.45, 2.75) is 56.5 Å². The Balaban J connectivity index is 1.77. The Morgan fingerprint density at radius 3 is 2.71 bits per heavy atom. The van der Waals surface area contributed by atoms with Crippen molar-refractivity contribution in [1.29, 1.82) is 0 Å². The first-order chi connectivity index (χ1) is 11.3. The Morgan fingerprint density at radius 1 is 1.29 bits per heavy atom. The highest BCUT2D eigenvalue weighted by Gasteiger charge is 2.40. The molecule has 2 bridgehead atoms. The zero-order valence-electron chi connectivity index (χ0n) is 14.0. The lowest BCUT2D eigenvalue weighted by molar-refractivity contribution is 0.243. The van der Waals surface area contributed by atoms with Crippen LogP contribution < -0.4 is 15.4 Å². The lowest BCUT2D eigenvalue weighted by atomic mass is 9.95. The van der Waals surface area contributed by atoms with E-state index in [1.165, 1.54) is 25.5 Å². The van der Waals surface area contributed by atoms with E-state index in [1.54, 1.807) is 26.1 Å². The van der Waals surface area contributed by atoms with Gasteiger partial charge in [0.1, 0.15) is 4.90 Å². The minimum atomic E-state index is -3.98. The molecule has 0 radical (unpaired) electrons. The average molecular weight is 352 g/mol. The van der Waals surface area contributed by atoms with Gasteiger partial charge in [-0.1, -0.05) is 6.42 Å². The van der Waals surface area contributed by atoms with Crippen molar-refractivity contribution in [3.05, 3.63) is 18.5 Å². The third-order valence-electron chi connectivity index (χ3n) is 4.80. The topological polar surface area (TPSA) is 100 Å². The van der Waals surface area contributed by atoms with E-state index in [0.717, 1.165) is 12.3 Å². The van der Waals surface area contributed by atoms with E-state index in [4.69, 9.17) is 0 Å². The Labute approximate surface area is 142 Å². The van der Waals surface area contributed by atoms with E-state index in [-0.39, 0.29) is 10.9 Å². The van der Waals surface area contributed by atoms with Gasteiger partial charge in [-0.25, -0.2) is 17.9 Å². The normalized spacial score (nSPS) is 25.7. The highest BCUT2D eigenvalue weighted by atomic mass is 32.2. The molecule has 24 heavy (non-hydrogen) atoms. The Hall–Kier alpha value is -1.83. The first kappa shape index (κ1) is 17.0. The molecule has 3 rings (SSSR count). The summed E-state index contributed by atoms with van der Waals surface area (Å²) in [5, 5.41) is 5.88. The van der Waals surface area contributed by atoms with Crippen molar-refractivity contribution < 1.29 is 13.2 Å². The Kier molecular flexibility index (Phi) is 4.67. The molecule has 1 aromatic heterocycles. The number of rotatable bonds is 5. The van der Waals surface area contributed by atoms with E-state index < -0.39 is 16.1 Å². The molecule has 0 aliphatic heterocycles. The summed E-state index contributed by atoms with van der Waals surface area (Å²) in [5.74, 6) is 1.36. The highest BCUT2D eigenvalue weighted by molar-refractivity contribution is 7.90. The summed E-state index contributed by atoms with van der Waals surface area (Å²) >= 11 is 0. The molecule has 1 heterocycles. The smallest absolute Gasteiger partial charge is 0.328 e. The molecule has 2 fully saturated rings. The fourth-order valence-electron chi connectivity index (χ4n) is 3.80. The van der Waals surface area contributed by atoms with E-state index in [9.17, 15) is 13.2 Å². The molecule has 0 saturated heterocycles. The van der Waals surface area contributed by atoms with Gasteiger partial charge in [-0.05, 0) is 51.0 Å². The largest absolute Gasteiger partial charge is 0.381 e. The third kappa shape index (κ3) is 3.63. The van der Waals surface area contributed by atoms with Gasteiger partial charge in [-0.2, -0.15) is 0 Å². The second-order valence-electron chi connectivity index (χ2n) is 7.03. The number of hydrogen-bond acceptors (Lipinski definition) is 5. The predicted molar refractivity (Wildman–Crippen MR) is 91.1 cm³/mol. The van der Waals surface area contributed by atoms with Crippen molar-refractivity contribution in [2.24, 2.45) is 11.8 Å². The van der Waals surface area contributed by atoms with Crippen molar-refractivity contribution in [2.75, 3.05) is 5.32 Å². The van der Waals surface area contributed by atoms with Crippen LogP contribution in [0.15, 0.2) is 23.4 Å². The molecule has 132 valence electrons. The number of nitrogens with zero attached hydrogens (tertiary/aromatic N) is 1. The van der Waals surface area contributed by atoms with E-state index in [0.29, 0.717) is 17.6 Å². The molecule has 8 heteroatoms. The molecule has 0 spiro atoms. The maximum absolute atomic E-state index is 12.5. The lowest BCUT2D eigenvalue weighted by Gasteiger charge is -2.25. The van der Waals surface area contributed by atoms with Crippen LogP contribution in [0, 0.1) is 11.8 Å². The van der Waals surface area contributed by atoms with Gasteiger partial charge in [0.2, 0.25) is 0 Å². The number of hydrogen-bond donors (Lipinski definition) is 3. The van der Waals surface area contributed by atoms with Crippen molar-refractivity contribution >= 4 is 21.7 Å². The van der Waals surface area contributed by atoms with E-state index in [1.807, 2.05) is 4.72 Å². The average Bonchev–Trinajstić information content (AvgIpc) is 3.08. The summed E-state index contributed by atoms with van der Waals surface area (Å²) in [7, 11) is -3.98. The second-order valence-corrected chi connectivity index (χ2v) is 8.68. The lowest BCUT2D eigenvalue weighted by Crippen LogP contribution is -2.42. The number of carbonyl (C=O) groups excluding carboxylic acids is 1. The van der Waals surface area contributed by atoms with Gasteiger partial charge in [0.25, 0.3) is 10.0 Å². The van der Waals surface area contributed by atoms with Crippen LogP contribution in [0.4, 0.5) is 10.5 Å². The second kappa shape index (κ2) is 6.58. The fourth-order valence-corrected chi connectivity index (χ4v) is 4.83. The molecular weight excluding hydrogens is 328 g/mol. The molecule has 0 unspecified atom stereocenters. The SMILES string of the molecule is CC(C)NC(=O)NS(=O)(=O)c1cnccc1N[C@@H]1C[C@@H]2CC[C@@H]1C2. The molecule has 2 amide bonds. The van der Waals surface area contributed by atoms with Crippen molar-refractivity contribution in [3.8, 4) is 0 Å². The maximum Gasteiger partial charge on any atom is 0.328 e.